The first-order chi connectivity index (χ1) is 16.8. The molecule has 0 spiro atoms. The van der Waals surface area contributed by atoms with Gasteiger partial charge < -0.3 is 15.0 Å². The molecular formula is C24H22Cl2N6O3. The molecule has 2 aromatic heterocycles. The van der Waals surface area contributed by atoms with E-state index in [1.165, 1.54) is 18.2 Å². The molecule has 0 fully saturated rings. The molecule has 1 N–H and O–H groups in total. The van der Waals surface area contributed by atoms with Gasteiger partial charge in [0.15, 0.2) is 0 Å². The third kappa shape index (κ3) is 5.21. The summed E-state index contributed by atoms with van der Waals surface area (Å²) < 4.78 is 7.80. The first-order valence-electron chi connectivity index (χ1n) is 10.6. The number of aryl methyl sites for hydroxylation is 1. The van der Waals surface area contributed by atoms with Crippen LogP contribution in [0.4, 0.5) is 5.69 Å². The van der Waals surface area contributed by atoms with Crippen molar-refractivity contribution >= 4 is 51.6 Å². The summed E-state index contributed by atoms with van der Waals surface area (Å²) in [4.78, 5) is 33.7. The SMILES string of the molecule is CC(=O)NCC(=O)N(C)c1ccc(Cl)c(COc2cccc3c(-n4cncn4)cc(C)nc23)c1Cl. The molecule has 0 aliphatic heterocycles. The van der Waals surface area contributed by atoms with Gasteiger partial charge in [-0.15, -0.1) is 0 Å². The smallest absolute Gasteiger partial charge is 0.246 e. The zero-order chi connectivity index (χ0) is 25.1. The van der Waals surface area contributed by atoms with E-state index < -0.39 is 0 Å². The number of pyridine rings is 1. The lowest BCUT2D eigenvalue weighted by Gasteiger charge is -2.21. The average molecular weight is 513 g/mol. The van der Waals surface area contributed by atoms with Gasteiger partial charge in [-0.2, -0.15) is 5.10 Å². The Hall–Kier alpha value is -3.69. The highest BCUT2D eigenvalue weighted by molar-refractivity contribution is 6.38. The number of hydrogen-bond donors (Lipinski definition) is 1. The molecule has 2 amide bonds. The van der Waals surface area contributed by atoms with E-state index in [9.17, 15) is 9.59 Å². The number of rotatable bonds is 7. The van der Waals surface area contributed by atoms with E-state index in [4.69, 9.17) is 27.9 Å². The number of carbonyl (C=O) groups is 2. The van der Waals surface area contributed by atoms with E-state index >= 15 is 0 Å². The van der Waals surface area contributed by atoms with Crippen molar-refractivity contribution in [3.05, 3.63) is 70.4 Å². The number of fused-ring (bicyclic) bond motifs is 1. The molecule has 4 aromatic rings. The number of nitrogens with one attached hydrogen (secondary N) is 1. The molecule has 0 saturated heterocycles. The van der Waals surface area contributed by atoms with E-state index in [1.54, 1.807) is 30.2 Å². The Bertz CT molecular complexity index is 1410. The molecule has 0 unspecified atom stereocenters. The fourth-order valence-electron chi connectivity index (χ4n) is 3.55. The van der Waals surface area contributed by atoms with Crippen LogP contribution in [0.2, 0.25) is 10.0 Å². The van der Waals surface area contributed by atoms with Crippen LogP contribution in [0.1, 0.15) is 18.2 Å². The standard InChI is InChI=1S/C24H22Cl2N6O3/c1-14-9-20(32-13-27-12-29-32)16-5-4-6-21(24(16)30-14)35-11-17-18(25)7-8-19(23(17)26)31(3)22(34)10-28-15(2)33/h4-9,12-13H,10-11H2,1-3H3,(H,28,33). The average Bonchev–Trinajstić information content (AvgIpc) is 3.36. The van der Waals surface area contributed by atoms with Gasteiger partial charge in [0, 0.05) is 35.6 Å². The molecule has 0 radical (unpaired) electrons. The van der Waals surface area contributed by atoms with Crippen LogP contribution < -0.4 is 15.0 Å². The number of likely N-dealkylation sites (N-methyl/N-ethyl adjacent to an activating group) is 1. The number of anilines is 1. The monoisotopic (exact) mass is 512 g/mol. The number of benzene rings is 2. The number of carbonyl (C=O) groups excluding carboxylic acids is 2. The lowest BCUT2D eigenvalue weighted by atomic mass is 10.1. The number of hydrogen-bond acceptors (Lipinski definition) is 6. The van der Waals surface area contributed by atoms with Crippen molar-refractivity contribution in [2.45, 2.75) is 20.5 Å². The molecule has 180 valence electrons. The molecule has 0 aliphatic carbocycles. The minimum atomic E-state index is -0.328. The lowest BCUT2D eigenvalue weighted by molar-refractivity contribution is -0.123. The lowest BCUT2D eigenvalue weighted by Crippen LogP contribution is -2.37. The molecule has 11 heteroatoms. The minimum Gasteiger partial charge on any atom is -0.487 e. The van der Waals surface area contributed by atoms with Crippen molar-refractivity contribution in [2.75, 3.05) is 18.5 Å². The Labute approximate surface area is 211 Å². The van der Waals surface area contributed by atoms with Crippen LogP contribution in [0.5, 0.6) is 5.75 Å². The molecular weight excluding hydrogens is 491 g/mol. The van der Waals surface area contributed by atoms with Crippen molar-refractivity contribution in [2.24, 2.45) is 0 Å². The first-order valence-corrected chi connectivity index (χ1v) is 11.4. The van der Waals surface area contributed by atoms with Crippen LogP contribution in [0.3, 0.4) is 0 Å². The van der Waals surface area contributed by atoms with Gasteiger partial charge in [0.05, 0.1) is 22.9 Å². The van der Waals surface area contributed by atoms with E-state index in [2.05, 4.69) is 20.4 Å². The molecule has 2 aromatic carbocycles. The summed E-state index contributed by atoms with van der Waals surface area (Å²) >= 11 is 13.1. The van der Waals surface area contributed by atoms with Crippen LogP contribution in [0, 0.1) is 6.92 Å². The summed E-state index contributed by atoms with van der Waals surface area (Å²) in [6.45, 7) is 3.14. The van der Waals surface area contributed by atoms with Crippen molar-refractivity contribution in [1.82, 2.24) is 25.1 Å². The summed E-state index contributed by atoms with van der Waals surface area (Å²) in [5.74, 6) is -0.0835. The third-order valence-electron chi connectivity index (χ3n) is 5.34. The van der Waals surface area contributed by atoms with Gasteiger partial charge in [-0.05, 0) is 31.2 Å². The second kappa shape index (κ2) is 10.3. The predicted octanol–water partition coefficient (Wildman–Crippen LogP) is 4.11. The fraction of sp³-hybridized carbons (Fsp3) is 0.208. The number of halogens is 2. The summed E-state index contributed by atoms with van der Waals surface area (Å²) in [5, 5.41) is 8.24. The molecule has 0 aliphatic rings. The van der Waals surface area contributed by atoms with Crippen molar-refractivity contribution in [3.8, 4) is 11.4 Å². The highest BCUT2D eigenvalue weighted by Gasteiger charge is 2.19. The predicted molar refractivity (Wildman–Crippen MR) is 134 cm³/mol. The molecule has 35 heavy (non-hydrogen) atoms. The highest BCUT2D eigenvalue weighted by Crippen LogP contribution is 2.36. The Morgan fingerprint density at radius 1 is 1.20 bits per heavy atom. The number of ether oxygens (including phenoxy) is 1. The van der Waals surface area contributed by atoms with Crippen molar-refractivity contribution < 1.29 is 14.3 Å². The first kappa shape index (κ1) is 24.4. The zero-order valence-electron chi connectivity index (χ0n) is 19.2. The van der Waals surface area contributed by atoms with Gasteiger partial charge in [-0.1, -0.05) is 35.3 Å². The zero-order valence-corrected chi connectivity index (χ0v) is 20.8. The van der Waals surface area contributed by atoms with Crippen LogP contribution in [0.25, 0.3) is 16.6 Å². The molecule has 4 rings (SSSR count). The van der Waals surface area contributed by atoms with Gasteiger partial charge in [0.25, 0.3) is 0 Å². The Balaban J connectivity index is 1.64. The summed E-state index contributed by atoms with van der Waals surface area (Å²) in [6, 6.07) is 10.8. The second-order valence-corrected chi connectivity index (χ2v) is 8.57. The summed E-state index contributed by atoms with van der Waals surface area (Å²) in [5.41, 5.74) is 3.24. The second-order valence-electron chi connectivity index (χ2n) is 7.79. The highest BCUT2D eigenvalue weighted by atomic mass is 35.5. The van der Waals surface area contributed by atoms with E-state index in [0.29, 0.717) is 27.5 Å². The Morgan fingerprint density at radius 3 is 2.71 bits per heavy atom. The van der Waals surface area contributed by atoms with Gasteiger partial charge in [0.2, 0.25) is 11.8 Å². The number of amides is 2. The van der Waals surface area contributed by atoms with E-state index in [0.717, 1.165) is 16.8 Å². The van der Waals surface area contributed by atoms with Gasteiger partial charge in [-0.3, -0.25) is 9.59 Å². The van der Waals surface area contributed by atoms with Crippen LogP contribution >= 0.6 is 23.2 Å². The Morgan fingerprint density at radius 2 is 2.00 bits per heavy atom. The summed E-state index contributed by atoms with van der Waals surface area (Å²) in [7, 11) is 1.58. The van der Waals surface area contributed by atoms with E-state index in [1.807, 2.05) is 31.2 Å². The van der Waals surface area contributed by atoms with Crippen molar-refractivity contribution in [3.63, 3.8) is 0 Å². The number of para-hydroxylation sites is 1. The molecule has 0 saturated carbocycles. The van der Waals surface area contributed by atoms with Gasteiger partial charge in [0.1, 0.15) is 30.5 Å². The van der Waals surface area contributed by atoms with Crippen LogP contribution in [0.15, 0.2) is 49.1 Å². The maximum Gasteiger partial charge on any atom is 0.246 e. The normalized spacial score (nSPS) is 10.9. The Kier molecular flexibility index (Phi) is 7.18. The third-order valence-corrected chi connectivity index (χ3v) is 6.11. The van der Waals surface area contributed by atoms with Crippen molar-refractivity contribution in [1.29, 1.82) is 0 Å². The van der Waals surface area contributed by atoms with Crippen LogP contribution in [-0.4, -0.2) is 45.2 Å². The quantitative estimate of drug-likeness (QED) is 0.399. The van der Waals surface area contributed by atoms with Crippen LogP contribution in [-0.2, 0) is 16.2 Å². The molecule has 2 heterocycles. The van der Waals surface area contributed by atoms with E-state index in [-0.39, 0.29) is 30.0 Å². The molecule has 0 bridgehead atoms. The minimum absolute atomic E-state index is 0.0482. The molecule has 9 nitrogen and oxygen atoms in total. The topological polar surface area (TPSA) is 102 Å². The van der Waals surface area contributed by atoms with Gasteiger partial charge >= 0.3 is 0 Å². The largest absolute Gasteiger partial charge is 0.487 e. The maximum absolute atomic E-state index is 12.5. The number of aromatic nitrogens is 4. The molecule has 0 atom stereocenters. The number of nitrogens with zero attached hydrogens (tertiary/aromatic N) is 5. The maximum atomic E-state index is 12.5. The van der Waals surface area contributed by atoms with Gasteiger partial charge in [-0.25, -0.2) is 14.6 Å². The fourth-order valence-corrected chi connectivity index (χ4v) is 4.15. The summed E-state index contributed by atoms with van der Waals surface area (Å²) in [6.07, 6.45) is 3.09.